The van der Waals surface area contributed by atoms with E-state index in [0.717, 1.165) is 11.6 Å². The molecular weight excluding hydrogens is 684 g/mol. The summed E-state index contributed by atoms with van der Waals surface area (Å²) in [6.07, 6.45) is -5.19. The van der Waals surface area contributed by atoms with Gasteiger partial charge in [0.05, 0.1) is 47.8 Å². The van der Waals surface area contributed by atoms with Crippen LogP contribution >= 0.6 is 0 Å². The lowest BCUT2D eigenvalue weighted by Crippen LogP contribution is -2.59. The van der Waals surface area contributed by atoms with Crippen LogP contribution in [0.2, 0.25) is 0 Å². The van der Waals surface area contributed by atoms with Crippen molar-refractivity contribution in [2.45, 2.75) is 43.2 Å². The van der Waals surface area contributed by atoms with Crippen molar-refractivity contribution in [3.8, 4) is 40.2 Å². The maximum absolute atomic E-state index is 12.5. The maximum Gasteiger partial charge on any atom is 0.330 e. The third-order valence-electron chi connectivity index (χ3n) is 9.18. The molecule has 8 unspecified atom stereocenters. The third kappa shape index (κ3) is 8.63. The molecule has 0 bridgehead atoms. The van der Waals surface area contributed by atoms with Gasteiger partial charge in [0.25, 0.3) is 0 Å². The Labute approximate surface area is 300 Å². The minimum absolute atomic E-state index is 0.00610. The molecule has 2 fully saturated rings. The van der Waals surface area contributed by atoms with Gasteiger partial charge in [0.15, 0.2) is 40.8 Å². The van der Waals surface area contributed by atoms with Gasteiger partial charge in [0.1, 0.15) is 31.0 Å². The molecule has 3 aromatic rings. The molecule has 0 saturated carbocycles. The molecule has 15 heteroatoms. The number of phenolic OH excluding ortho intramolecular Hbond substituents is 3. The predicted octanol–water partition coefficient (Wildman–Crippen LogP) is 2.47. The fraction of sp³-hybridized carbons (Fsp3) is 0.432. The zero-order chi connectivity index (χ0) is 37.5. The van der Waals surface area contributed by atoms with Gasteiger partial charge in [0, 0.05) is 12.0 Å². The topological polar surface area (TPSA) is 212 Å². The molecule has 3 aromatic carbocycles. The quantitative estimate of drug-likeness (QED) is 0.104. The summed E-state index contributed by atoms with van der Waals surface area (Å²) in [6.45, 7) is -0.252. The summed E-state index contributed by atoms with van der Waals surface area (Å²) >= 11 is 0. The molecule has 8 atom stereocenters. The molecule has 0 radical (unpaired) electrons. The van der Waals surface area contributed by atoms with Crippen molar-refractivity contribution in [1.29, 1.82) is 0 Å². The van der Waals surface area contributed by atoms with Crippen LogP contribution in [0.25, 0.3) is 6.08 Å². The average molecular weight is 729 g/mol. The van der Waals surface area contributed by atoms with Crippen molar-refractivity contribution in [3.05, 3.63) is 71.3 Å². The predicted molar refractivity (Wildman–Crippen MR) is 183 cm³/mol. The molecule has 2 aliphatic heterocycles. The van der Waals surface area contributed by atoms with Gasteiger partial charge in [-0.3, -0.25) is 0 Å². The highest BCUT2D eigenvalue weighted by Gasteiger charge is 2.46. The van der Waals surface area contributed by atoms with E-state index in [0.29, 0.717) is 23.3 Å². The van der Waals surface area contributed by atoms with Gasteiger partial charge in [0.2, 0.25) is 5.75 Å². The molecule has 0 aliphatic carbocycles. The lowest BCUT2D eigenvalue weighted by molar-refractivity contribution is -0.304. The average Bonchev–Trinajstić information content (AvgIpc) is 3.55. The molecule has 2 heterocycles. The Hall–Kier alpha value is -4.77. The lowest BCUT2D eigenvalue weighted by Gasteiger charge is -2.40. The number of aromatic hydroxyl groups is 3. The van der Waals surface area contributed by atoms with Gasteiger partial charge in [-0.15, -0.1) is 0 Å². The first-order valence-electron chi connectivity index (χ1n) is 16.4. The fourth-order valence-corrected chi connectivity index (χ4v) is 6.30. The van der Waals surface area contributed by atoms with E-state index in [-0.39, 0.29) is 53.6 Å². The standard InChI is InChI=1S/C37H44O15/c1-45-26-12-19(5-8-24(26)38)7-10-31(40)49-18-30-33(42)34(43)35(44)37(52-30)51-17-23-22(11-20-6-9-25(39)27(13-20)46-2)16-50-36(23)21-14-28(47-3)32(41)29(15-21)48-4/h5-10,12-15,22-23,30,33-39,41-44H,11,16-18H2,1-4H3. The Bertz CT molecular complexity index is 1690. The summed E-state index contributed by atoms with van der Waals surface area (Å²) in [5.41, 5.74) is 2.02. The zero-order valence-corrected chi connectivity index (χ0v) is 29.1. The first kappa shape index (κ1) is 38.5. The summed E-state index contributed by atoms with van der Waals surface area (Å²) in [7, 11) is 5.67. The molecule has 0 amide bonds. The van der Waals surface area contributed by atoms with Gasteiger partial charge in [-0.2, -0.15) is 0 Å². The minimum Gasteiger partial charge on any atom is -0.504 e. The van der Waals surface area contributed by atoms with E-state index in [4.69, 9.17) is 37.9 Å². The number of hydrogen-bond acceptors (Lipinski definition) is 15. The van der Waals surface area contributed by atoms with E-state index in [1.165, 1.54) is 52.7 Å². The van der Waals surface area contributed by atoms with Crippen LogP contribution in [0.15, 0.2) is 54.6 Å². The summed E-state index contributed by atoms with van der Waals surface area (Å²) in [6, 6.07) is 12.8. The second kappa shape index (κ2) is 17.2. The normalized spacial score (nSPS) is 25.9. The zero-order valence-electron chi connectivity index (χ0n) is 29.1. The summed E-state index contributed by atoms with van der Waals surface area (Å²) < 4.78 is 44.6. The van der Waals surface area contributed by atoms with Gasteiger partial charge >= 0.3 is 5.97 Å². The number of carbonyl (C=O) groups is 1. The van der Waals surface area contributed by atoms with Crippen LogP contribution in [0.5, 0.6) is 40.2 Å². The van der Waals surface area contributed by atoms with Gasteiger partial charge in [-0.05, 0) is 71.5 Å². The van der Waals surface area contributed by atoms with Crippen molar-refractivity contribution in [2.75, 3.05) is 48.3 Å². The number of ether oxygens (including phenoxy) is 8. The molecule has 5 rings (SSSR count). The Morgan fingerprint density at radius 1 is 0.788 bits per heavy atom. The third-order valence-corrected chi connectivity index (χ3v) is 9.18. The van der Waals surface area contributed by atoms with Crippen LogP contribution in [-0.4, -0.2) is 116 Å². The molecule has 2 aliphatic rings. The SMILES string of the molecule is COc1cc(C=CC(=O)OCC2OC(OCC3C(Cc4ccc(O)c(OC)c4)COC3c3cc(OC)c(O)c(OC)c3)C(O)C(O)C2O)ccc1O. The number of esters is 1. The first-order chi connectivity index (χ1) is 25.0. The number of rotatable bonds is 14. The van der Waals surface area contributed by atoms with Crippen molar-refractivity contribution >= 4 is 12.0 Å². The van der Waals surface area contributed by atoms with Crippen LogP contribution in [0.4, 0.5) is 0 Å². The maximum atomic E-state index is 12.5. The second-order valence-electron chi connectivity index (χ2n) is 12.4. The van der Waals surface area contributed by atoms with Crippen molar-refractivity contribution in [1.82, 2.24) is 0 Å². The monoisotopic (exact) mass is 728 g/mol. The van der Waals surface area contributed by atoms with Gasteiger partial charge in [-0.1, -0.05) is 12.1 Å². The highest BCUT2D eigenvalue weighted by molar-refractivity contribution is 5.87. The molecule has 52 heavy (non-hydrogen) atoms. The van der Waals surface area contributed by atoms with E-state index in [1.807, 2.05) is 0 Å². The minimum atomic E-state index is -1.69. The van der Waals surface area contributed by atoms with Crippen molar-refractivity contribution < 1.29 is 73.3 Å². The Morgan fingerprint density at radius 2 is 1.42 bits per heavy atom. The van der Waals surface area contributed by atoms with Gasteiger partial charge in [-0.25, -0.2) is 4.79 Å². The number of benzene rings is 3. The number of aliphatic hydroxyl groups is 3. The molecule has 15 nitrogen and oxygen atoms in total. The molecular formula is C37H44O15. The smallest absolute Gasteiger partial charge is 0.330 e. The largest absolute Gasteiger partial charge is 0.504 e. The number of aliphatic hydroxyl groups excluding tert-OH is 3. The number of methoxy groups -OCH3 is 4. The Kier molecular flexibility index (Phi) is 12.7. The molecule has 6 N–H and O–H groups in total. The molecule has 2 saturated heterocycles. The lowest BCUT2D eigenvalue weighted by atomic mass is 9.84. The van der Waals surface area contributed by atoms with E-state index >= 15 is 0 Å². The van der Waals surface area contributed by atoms with Crippen LogP contribution in [0.1, 0.15) is 22.8 Å². The van der Waals surface area contributed by atoms with E-state index in [1.54, 1.807) is 30.3 Å². The van der Waals surface area contributed by atoms with Crippen LogP contribution in [-0.2, 0) is 30.2 Å². The number of phenols is 3. The van der Waals surface area contributed by atoms with Crippen molar-refractivity contribution in [2.24, 2.45) is 11.8 Å². The molecule has 0 aromatic heterocycles. The summed E-state index contributed by atoms with van der Waals surface area (Å²) in [5, 5.41) is 62.6. The van der Waals surface area contributed by atoms with Crippen LogP contribution in [0, 0.1) is 11.8 Å². The van der Waals surface area contributed by atoms with E-state index in [2.05, 4.69) is 0 Å². The van der Waals surface area contributed by atoms with Crippen LogP contribution in [0.3, 0.4) is 0 Å². The van der Waals surface area contributed by atoms with E-state index in [9.17, 15) is 35.4 Å². The van der Waals surface area contributed by atoms with E-state index < -0.39 is 55.3 Å². The highest BCUT2D eigenvalue weighted by atomic mass is 16.7. The number of carbonyl (C=O) groups excluding carboxylic acids is 1. The summed E-state index contributed by atoms with van der Waals surface area (Å²) in [5.74, 6) is -0.744. The first-order valence-corrected chi connectivity index (χ1v) is 16.4. The Morgan fingerprint density at radius 3 is 2.08 bits per heavy atom. The second-order valence-corrected chi connectivity index (χ2v) is 12.4. The molecule has 282 valence electrons. The van der Waals surface area contributed by atoms with Crippen LogP contribution < -0.4 is 18.9 Å². The van der Waals surface area contributed by atoms with Crippen molar-refractivity contribution in [3.63, 3.8) is 0 Å². The summed E-state index contributed by atoms with van der Waals surface area (Å²) in [4.78, 5) is 12.5. The highest BCUT2D eigenvalue weighted by Crippen LogP contribution is 2.46. The number of hydrogen-bond donors (Lipinski definition) is 6. The van der Waals surface area contributed by atoms with Gasteiger partial charge < -0.3 is 68.5 Å². The fourth-order valence-electron chi connectivity index (χ4n) is 6.30. The molecule has 0 spiro atoms. The Balaban J connectivity index is 1.31.